The Morgan fingerprint density at radius 3 is 2.31 bits per heavy atom. The average molecular weight is 185 g/mol. The number of rotatable bonds is 4. The summed E-state index contributed by atoms with van der Waals surface area (Å²) in [5, 5.41) is 9.91. The largest absolute Gasteiger partial charge is 0.478 e. The lowest BCUT2D eigenvalue weighted by Gasteiger charge is -1.82. The van der Waals surface area contributed by atoms with Crippen molar-refractivity contribution in [1.82, 2.24) is 5.32 Å². The van der Waals surface area contributed by atoms with E-state index in [4.69, 9.17) is 5.11 Å². The summed E-state index contributed by atoms with van der Waals surface area (Å²) in [5.41, 5.74) is 0. The summed E-state index contributed by atoms with van der Waals surface area (Å²) in [7, 11) is 0. The number of amides is 1. The molecule has 0 aliphatic rings. The summed E-state index contributed by atoms with van der Waals surface area (Å²) in [6, 6.07) is 0. The molecule has 4 nitrogen and oxygen atoms in total. The fourth-order valence-corrected chi connectivity index (χ4v) is 0.435. The van der Waals surface area contributed by atoms with Crippen molar-refractivity contribution in [2.45, 2.75) is 0 Å². The second-order valence-electron chi connectivity index (χ2n) is 1.86. The zero-order valence-corrected chi connectivity index (χ0v) is 6.61. The molecule has 0 aromatic heterocycles. The van der Waals surface area contributed by atoms with Crippen LogP contribution in [-0.4, -0.2) is 17.2 Å². The molecular formula is C8H8FNO3. The van der Waals surface area contributed by atoms with Gasteiger partial charge in [0.1, 0.15) is 0 Å². The van der Waals surface area contributed by atoms with Crippen LogP contribution < -0.4 is 5.32 Å². The predicted molar refractivity (Wildman–Crippen MR) is 44.7 cm³/mol. The van der Waals surface area contributed by atoms with Gasteiger partial charge in [0.05, 0.1) is 0 Å². The minimum absolute atomic E-state index is 0.943. The van der Waals surface area contributed by atoms with Crippen LogP contribution in [0.2, 0.25) is 0 Å². The number of hydrogen-bond donors (Lipinski definition) is 2. The van der Waals surface area contributed by atoms with Crippen molar-refractivity contribution in [3.05, 3.63) is 36.6 Å². The molecule has 0 unspecified atom stereocenters. The molecule has 0 atom stereocenters. The summed E-state index contributed by atoms with van der Waals surface area (Å²) in [4.78, 5) is 19.6. The first-order chi connectivity index (χ1) is 6.13. The van der Waals surface area contributed by atoms with Crippen LogP contribution in [0.1, 0.15) is 0 Å². The Morgan fingerprint density at radius 1 is 1.15 bits per heavy atom. The number of carbonyl (C=O) groups excluding carboxylic acids is 1. The lowest BCUT2D eigenvalue weighted by atomic mass is 10.4. The van der Waals surface area contributed by atoms with Gasteiger partial charge in [-0.25, -0.2) is 9.59 Å². The van der Waals surface area contributed by atoms with Crippen LogP contribution in [0.3, 0.4) is 0 Å². The Labute approximate surface area is 74.1 Å². The monoisotopic (exact) mass is 185 g/mol. The molecule has 0 radical (unpaired) electrons. The lowest BCUT2D eigenvalue weighted by molar-refractivity contribution is -0.131. The maximum atomic E-state index is 11.5. The predicted octanol–water partition coefficient (Wildman–Crippen LogP) is 1.38. The first kappa shape index (κ1) is 11.1. The van der Waals surface area contributed by atoms with Crippen molar-refractivity contribution < 1.29 is 19.1 Å². The number of carboxylic acids is 1. The van der Waals surface area contributed by atoms with Crippen LogP contribution in [0, 0.1) is 0 Å². The third kappa shape index (κ3) is 10.1. The minimum Gasteiger partial charge on any atom is -0.478 e. The van der Waals surface area contributed by atoms with Crippen LogP contribution >= 0.6 is 0 Å². The van der Waals surface area contributed by atoms with E-state index >= 15 is 0 Å². The van der Waals surface area contributed by atoms with E-state index in [1.807, 2.05) is 0 Å². The number of hydrogen-bond acceptors (Lipinski definition) is 2. The van der Waals surface area contributed by atoms with Gasteiger partial charge in [0.25, 0.3) is 0 Å². The number of carboxylic acid groups (broad SMARTS) is 1. The third-order valence-electron chi connectivity index (χ3n) is 0.865. The summed E-state index contributed by atoms with van der Waals surface area (Å²) in [6.45, 7) is 0. The summed E-state index contributed by atoms with van der Waals surface area (Å²) in [6.07, 6.45) is 5.90. The van der Waals surface area contributed by atoms with E-state index in [0.717, 1.165) is 12.3 Å². The lowest BCUT2D eigenvalue weighted by Crippen LogP contribution is -2.07. The highest BCUT2D eigenvalue weighted by Crippen LogP contribution is 1.80. The van der Waals surface area contributed by atoms with E-state index in [1.165, 1.54) is 24.3 Å². The van der Waals surface area contributed by atoms with Gasteiger partial charge in [-0.15, -0.1) is 4.39 Å². The van der Waals surface area contributed by atoms with Gasteiger partial charge in [-0.1, -0.05) is 18.2 Å². The molecule has 0 heterocycles. The Kier molecular flexibility index (Phi) is 5.78. The Balaban J connectivity index is 3.69. The molecule has 0 fully saturated rings. The van der Waals surface area contributed by atoms with Crippen molar-refractivity contribution in [3.8, 4) is 0 Å². The van der Waals surface area contributed by atoms with Gasteiger partial charge in [-0.05, 0) is 6.08 Å². The maximum absolute atomic E-state index is 11.5. The van der Waals surface area contributed by atoms with Crippen LogP contribution in [0.15, 0.2) is 36.6 Å². The van der Waals surface area contributed by atoms with E-state index in [0.29, 0.717) is 0 Å². The topological polar surface area (TPSA) is 66.4 Å². The standard InChI is InChI=1S/C8H8FNO3/c9-8(13)10-6-4-2-1-3-5-7(11)12/h1-6H,(H,10,13)(H,11,12)/b2-1+,5-3?,6-4+. The Hall–Kier alpha value is -1.91. The molecule has 0 saturated heterocycles. The van der Waals surface area contributed by atoms with Gasteiger partial charge in [0.15, 0.2) is 0 Å². The van der Waals surface area contributed by atoms with Crippen molar-refractivity contribution in [2.24, 2.45) is 0 Å². The molecule has 13 heavy (non-hydrogen) atoms. The van der Waals surface area contributed by atoms with Crippen molar-refractivity contribution in [3.63, 3.8) is 0 Å². The minimum atomic E-state index is -1.65. The number of allylic oxidation sites excluding steroid dienone is 4. The SMILES string of the molecule is O=C(O)C=C/C=C/C=C/NC(=O)F. The first-order valence-electron chi connectivity index (χ1n) is 3.31. The van der Waals surface area contributed by atoms with E-state index in [-0.39, 0.29) is 0 Å². The third-order valence-corrected chi connectivity index (χ3v) is 0.865. The van der Waals surface area contributed by atoms with Gasteiger partial charge in [0, 0.05) is 12.3 Å². The van der Waals surface area contributed by atoms with E-state index < -0.39 is 12.1 Å². The van der Waals surface area contributed by atoms with Crippen LogP contribution in [0.5, 0.6) is 0 Å². The highest BCUT2D eigenvalue weighted by Gasteiger charge is 1.85. The normalized spacial score (nSPS) is 11.5. The summed E-state index contributed by atoms with van der Waals surface area (Å²) >= 11 is 0. The molecule has 0 aliphatic carbocycles. The smallest absolute Gasteiger partial charge is 0.401 e. The van der Waals surface area contributed by atoms with Gasteiger partial charge >= 0.3 is 12.1 Å². The molecule has 0 bridgehead atoms. The molecule has 0 aliphatic heterocycles. The van der Waals surface area contributed by atoms with Gasteiger partial charge in [-0.2, -0.15) is 0 Å². The maximum Gasteiger partial charge on any atom is 0.401 e. The van der Waals surface area contributed by atoms with E-state index in [2.05, 4.69) is 0 Å². The second-order valence-corrected chi connectivity index (χ2v) is 1.86. The zero-order chi connectivity index (χ0) is 10.1. The quantitative estimate of drug-likeness (QED) is 0.301. The zero-order valence-electron chi connectivity index (χ0n) is 6.61. The fraction of sp³-hybridized carbons (Fsp3) is 0. The molecule has 0 aromatic carbocycles. The Morgan fingerprint density at radius 2 is 1.77 bits per heavy atom. The second kappa shape index (κ2) is 6.78. The molecular weight excluding hydrogens is 177 g/mol. The first-order valence-corrected chi connectivity index (χ1v) is 3.31. The summed E-state index contributed by atoms with van der Waals surface area (Å²) in [5.74, 6) is -1.05. The summed E-state index contributed by atoms with van der Waals surface area (Å²) < 4.78 is 11.5. The Bertz CT molecular complexity index is 269. The van der Waals surface area contributed by atoms with Crippen LogP contribution in [0.25, 0.3) is 0 Å². The van der Waals surface area contributed by atoms with Crippen molar-refractivity contribution in [2.75, 3.05) is 0 Å². The fourth-order valence-electron chi connectivity index (χ4n) is 0.435. The number of halogens is 1. The molecule has 5 heteroatoms. The van der Waals surface area contributed by atoms with Crippen LogP contribution in [-0.2, 0) is 4.79 Å². The van der Waals surface area contributed by atoms with Crippen molar-refractivity contribution >= 4 is 12.1 Å². The highest BCUT2D eigenvalue weighted by atomic mass is 19.1. The molecule has 0 saturated carbocycles. The van der Waals surface area contributed by atoms with Gasteiger partial charge in [-0.3, -0.25) is 0 Å². The van der Waals surface area contributed by atoms with Crippen LogP contribution in [0.4, 0.5) is 9.18 Å². The van der Waals surface area contributed by atoms with Gasteiger partial charge < -0.3 is 10.4 Å². The number of nitrogens with one attached hydrogen (secondary N) is 1. The average Bonchev–Trinajstić information content (AvgIpc) is 2.01. The highest BCUT2D eigenvalue weighted by molar-refractivity contribution is 5.80. The molecule has 0 aromatic rings. The molecule has 0 rings (SSSR count). The molecule has 1 amide bonds. The van der Waals surface area contributed by atoms with Gasteiger partial charge in [0.2, 0.25) is 0 Å². The number of aliphatic carboxylic acids is 1. The van der Waals surface area contributed by atoms with E-state index in [1.54, 1.807) is 5.32 Å². The molecule has 2 N–H and O–H groups in total. The molecule has 0 spiro atoms. The molecule has 70 valence electrons. The van der Waals surface area contributed by atoms with Crippen molar-refractivity contribution in [1.29, 1.82) is 0 Å². The van der Waals surface area contributed by atoms with E-state index in [9.17, 15) is 14.0 Å². The number of carbonyl (C=O) groups is 2.